The van der Waals surface area contributed by atoms with E-state index in [1.165, 1.54) is 0 Å². The van der Waals surface area contributed by atoms with E-state index in [0.29, 0.717) is 6.04 Å². The van der Waals surface area contributed by atoms with Gasteiger partial charge in [-0.2, -0.15) is 5.10 Å². The Morgan fingerprint density at radius 2 is 2.35 bits per heavy atom. The predicted octanol–water partition coefficient (Wildman–Crippen LogP) is 2.38. The Balaban J connectivity index is 1.65. The molecule has 20 heavy (non-hydrogen) atoms. The van der Waals surface area contributed by atoms with E-state index in [1.807, 2.05) is 12.1 Å². The molecule has 0 saturated heterocycles. The molecule has 6 heteroatoms. The second-order valence-electron chi connectivity index (χ2n) is 5.24. The number of anilines is 1. The topological polar surface area (TPSA) is 93.0 Å². The van der Waals surface area contributed by atoms with E-state index in [1.54, 1.807) is 6.20 Å². The maximum absolute atomic E-state index is 10.8. The van der Waals surface area contributed by atoms with Gasteiger partial charge in [0.15, 0.2) is 0 Å². The lowest BCUT2D eigenvalue weighted by atomic mass is 9.92. The van der Waals surface area contributed by atoms with Crippen molar-refractivity contribution in [2.45, 2.75) is 37.8 Å². The van der Waals surface area contributed by atoms with E-state index in [-0.39, 0.29) is 6.10 Å². The van der Waals surface area contributed by atoms with Crippen molar-refractivity contribution in [3.63, 3.8) is 0 Å². The average Bonchev–Trinajstić information content (AvgIpc) is 2.85. The van der Waals surface area contributed by atoms with Gasteiger partial charge in [-0.05, 0) is 37.5 Å². The number of hydrogen-bond acceptors (Lipinski definition) is 4. The first-order chi connectivity index (χ1) is 9.70. The van der Waals surface area contributed by atoms with E-state index in [4.69, 9.17) is 10.5 Å². The van der Waals surface area contributed by atoms with Crippen molar-refractivity contribution in [3.05, 3.63) is 24.4 Å². The third-order valence-corrected chi connectivity index (χ3v) is 3.72. The molecule has 106 valence electrons. The smallest absolute Gasteiger partial charge is 0.404 e. The standard InChI is InChI=1S/C14H18N4O2/c15-14(19)20-12-3-1-2-10(7-12)17-11-4-5-13-9(6-11)8-16-18-13/h4-6,8,10,12,17H,1-3,7H2,(H2,15,19)(H,16,18)/t10?,12-/m0/s1. The molecule has 2 atom stereocenters. The summed E-state index contributed by atoms with van der Waals surface area (Å²) in [7, 11) is 0. The van der Waals surface area contributed by atoms with Crippen LogP contribution in [0.5, 0.6) is 0 Å². The molecule has 1 heterocycles. The fourth-order valence-electron chi connectivity index (χ4n) is 2.82. The number of hydrogen-bond donors (Lipinski definition) is 3. The molecule has 4 N–H and O–H groups in total. The van der Waals surface area contributed by atoms with Crippen molar-refractivity contribution in [2.24, 2.45) is 5.73 Å². The Labute approximate surface area is 116 Å². The largest absolute Gasteiger partial charge is 0.446 e. The van der Waals surface area contributed by atoms with Crippen LogP contribution in [0, 0.1) is 0 Å². The van der Waals surface area contributed by atoms with Gasteiger partial charge in [-0.1, -0.05) is 0 Å². The summed E-state index contributed by atoms with van der Waals surface area (Å²) in [6.07, 6.45) is 4.84. The zero-order valence-corrected chi connectivity index (χ0v) is 11.1. The minimum absolute atomic E-state index is 0.0728. The van der Waals surface area contributed by atoms with Crippen LogP contribution >= 0.6 is 0 Å². The van der Waals surface area contributed by atoms with Gasteiger partial charge < -0.3 is 15.8 Å². The van der Waals surface area contributed by atoms with Gasteiger partial charge in [-0.15, -0.1) is 0 Å². The van der Waals surface area contributed by atoms with Crippen LogP contribution in [0.25, 0.3) is 10.9 Å². The zero-order valence-electron chi connectivity index (χ0n) is 11.1. The molecule has 1 unspecified atom stereocenters. The van der Waals surface area contributed by atoms with E-state index in [9.17, 15) is 4.79 Å². The number of fused-ring (bicyclic) bond motifs is 1. The lowest BCUT2D eigenvalue weighted by Crippen LogP contribution is -2.34. The average molecular weight is 274 g/mol. The highest BCUT2D eigenvalue weighted by Gasteiger charge is 2.24. The normalized spacial score (nSPS) is 22.6. The van der Waals surface area contributed by atoms with Crippen molar-refractivity contribution >= 4 is 22.7 Å². The van der Waals surface area contributed by atoms with Gasteiger partial charge in [0.25, 0.3) is 0 Å². The number of rotatable bonds is 3. The molecule has 0 radical (unpaired) electrons. The molecular formula is C14H18N4O2. The third kappa shape index (κ3) is 2.84. The zero-order chi connectivity index (χ0) is 13.9. The van der Waals surface area contributed by atoms with Crippen LogP contribution in [0.4, 0.5) is 10.5 Å². The summed E-state index contributed by atoms with van der Waals surface area (Å²) < 4.78 is 5.10. The summed E-state index contributed by atoms with van der Waals surface area (Å²) in [6.45, 7) is 0. The summed E-state index contributed by atoms with van der Waals surface area (Å²) in [5.41, 5.74) is 7.16. The Morgan fingerprint density at radius 1 is 1.45 bits per heavy atom. The number of aromatic amines is 1. The Bertz CT molecular complexity index is 610. The summed E-state index contributed by atoms with van der Waals surface area (Å²) in [6, 6.07) is 6.40. The Morgan fingerprint density at radius 3 is 3.20 bits per heavy atom. The summed E-state index contributed by atoms with van der Waals surface area (Å²) in [4.78, 5) is 10.8. The molecule has 1 aromatic carbocycles. The second kappa shape index (κ2) is 5.40. The van der Waals surface area contributed by atoms with Gasteiger partial charge in [0, 0.05) is 23.5 Å². The summed E-state index contributed by atoms with van der Waals surface area (Å²) in [5, 5.41) is 11.5. The number of nitrogens with two attached hydrogens (primary N) is 1. The minimum atomic E-state index is -0.685. The van der Waals surface area contributed by atoms with Crippen LogP contribution < -0.4 is 11.1 Å². The fraction of sp³-hybridized carbons (Fsp3) is 0.429. The summed E-state index contributed by atoms with van der Waals surface area (Å²) >= 11 is 0. The van der Waals surface area contributed by atoms with Gasteiger partial charge >= 0.3 is 6.09 Å². The van der Waals surface area contributed by atoms with Crippen LogP contribution in [0.15, 0.2) is 24.4 Å². The van der Waals surface area contributed by atoms with Crippen LogP contribution in [-0.2, 0) is 4.74 Å². The molecule has 3 rings (SSSR count). The van der Waals surface area contributed by atoms with Crippen molar-refractivity contribution < 1.29 is 9.53 Å². The number of ether oxygens (including phenoxy) is 1. The van der Waals surface area contributed by atoms with Gasteiger partial charge in [0.2, 0.25) is 0 Å². The molecule has 0 aliphatic heterocycles. The SMILES string of the molecule is NC(=O)O[C@H]1CCCC(Nc2ccc3[nH]ncc3c2)C1. The number of nitrogens with one attached hydrogen (secondary N) is 2. The van der Waals surface area contributed by atoms with E-state index < -0.39 is 6.09 Å². The first kappa shape index (κ1) is 12.8. The molecule has 6 nitrogen and oxygen atoms in total. The molecule has 1 aliphatic carbocycles. The van der Waals surface area contributed by atoms with Crippen LogP contribution in [-0.4, -0.2) is 28.4 Å². The van der Waals surface area contributed by atoms with Crippen LogP contribution in [0.3, 0.4) is 0 Å². The van der Waals surface area contributed by atoms with E-state index in [0.717, 1.165) is 42.3 Å². The number of carbonyl (C=O) groups excluding carboxylic acids is 1. The predicted molar refractivity (Wildman–Crippen MR) is 76.4 cm³/mol. The molecule has 1 aliphatic rings. The van der Waals surface area contributed by atoms with Crippen molar-refractivity contribution in [3.8, 4) is 0 Å². The first-order valence-electron chi connectivity index (χ1n) is 6.86. The van der Waals surface area contributed by atoms with Crippen molar-refractivity contribution in [1.82, 2.24) is 10.2 Å². The second-order valence-corrected chi connectivity index (χ2v) is 5.24. The minimum Gasteiger partial charge on any atom is -0.446 e. The molecule has 1 aromatic heterocycles. The molecule has 1 amide bonds. The molecule has 0 bridgehead atoms. The highest BCUT2D eigenvalue weighted by Crippen LogP contribution is 2.25. The maximum Gasteiger partial charge on any atom is 0.404 e. The van der Waals surface area contributed by atoms with Gasteiger partial charge in [0.1, 0.15) is 6.10 Å². The maximum atomic E-state index is 10.8. The monoisotopic (exact) mass is 274 g/mol. The number of primary amides is 1. The number of aromatic nitrogens is 2. The van der Waals surface area contributed by atoms with E-state index in [2.05, 4.69) is 21.6 Å². The number of nitrogens with zero attached hydrogens (tertiary/aromatic N) is 1. The number of carbonyl (C=O) groups is 1. The number of benzene rings is 1. The Kier molecular flexibility index (Phi) is 3.45. The fourth-order valence-corrected chi connectivity index (χ4v) is 2.82. The highest BCUT2D eigenvalue weighted by molar-refractivity contribution is 5.81. The highest BCUT2D eigenvalue weighted by atomic mass is 16.6. The third-order valence-electron chi connectivity index (χ3n) is 3.72. The quantitative estimate of drug-likeness (QED) is 0.801. The van der Waals surface area contributed by atoms with Gasteiger partial charge in [-0.25, -0.2) is 4.79 Å². The molecule has 2 aromatic rings. The van der Waals surface area contributed by atoms with Gasteiger partial charge in [-0.3, -0.25) is 5.10 Å². The molecular weight excluding hydrogens is 256 g/mol. The van der Waals surface area contributed by atoms with Crippen LogP contribution in [0.2, 0.25) is 0 Å². The van der Waals surface area contributed by atoms with Gasteiger partial charge in [0.05, 0.1) is 11.7 Å². The Hall–Kier alpha value is -2.24. The van der Waals surface area contributed by atoms with Crippen molar-refractivity contribution in [1.29, 1.82) is 0 Å². The lowest BCUT2D eigenvalue weighted by molar-refractivity contribution is 0.0797. The first-order valence-corrected chi connectivity index (χ1v) is 6.86. The van der Waals surface area contributed by atoms with E-state index >= 15 is 0 Å². The van der Waals surface area contributed by atoms with Crippen LogP contribution in [0.1, 0.15) is 25.7 Å². The molecule has 1 fully saturated rings. The molecule has 1 saturated carbocycles. The molecule has 0 spiro atoms. The van der Waals surface area contributed by atoms with Crippen molar-refractivity contribution in [2.75, 3.05) is 5.32 Å². The number of H-pyrrole nitrogens is 1. The summed E-state index contributed by atoms with van der Waals surface area (Å²) in [5.74, 6) is 0. The lowest BCUT2D eigenvalue weighted by Gasteiger charge is -2.29. The number of amides is 1.